The van der Waals surface area contributed by atoms with Gasteiger partial charge in [-0.05, 0) is 68.2 Å². The van der Waals surface area contributed by atoms with E-state index in [1.807, 2.05) is 31.4 Å². The second-order valence-corrected chi connectivity index (χ2v) is 10.4. The highest BCUT2D eigenvalue weighted by atomic mass is 32.2. The molecule has 0 radical (unpaired) electrons. The average Bonchev–Trinajstić information content (AvgIpc) is 3.74. The third-order valence-electron chi connectivity index (χ3n) is 6.63. The number of hydrogen-bond donors (Lipinski definition) is 1. The van der Waals surface area contributed by atoms with Crippen LogP contribution in [0.25, 0.3) is 5.70 Å². The Balaban J connectivity index is 1.51. The molecule has 2 heterocycles. The zero-order valence-corrected chi connectivity index (χ0v) is 22.5. The largest absolute Gasteiger partial charge is 0.494 e. The molecule has 1 amide bonds. The van der Waals surface area contributed by atoms with E-state index < -0.39 is 11.6 Å². The predicted molar refractivity (Wildman–Crippen MR) is 146 cm³/mol. The first-order valence-electron chi connectivity index (χ1n) is 12.5. The third kappa shape index (κ3) is 5.20. The Morgan fingerprint density at radius 3 is 2.55 bits per heavy atom. The summed E-state index contributed by atoms with van der Waals surface area (Å²) in [5.41, 5.74) is 4.09. The van der Waals surface area contributed by atoms with Gasteiger partial charge in [0, 0.05) is 28.1 Å². The molecule has 6 nitrogen and oxygen atoms in total. The summed E-state index contributed by atoms with van der Waals surface area (Å²) in [7, 11) is 1.27. The predicted octanol–water partition coefficient (Wildman–Crippen LogP) is 6.39. The number of methoxy groups -OCH3 is 1. The molecule has 2 aromatic rings. The van der Waals surface area contributed by atoms with Gasteiger partial charge in [-0.2, -0.15) is 8.78 Å². The Kier molecular flexibility index (Phi) is 7.29. The molecule has 0 aromatic heterocycles. The van der Waals surface area contributed by atoms with Crippen molar-refractivity contribution >= 4 is 29.3 Å². The van der Waals surface area contributed by atoms with E-state index in [1.165, 1.54) is 31.0 Å². The highest BCUT2D eigenvalue weighted by Crippen LogP contribution is 2.39. The lowest BCUT2D eigenvalue weighted by Crippen LogP contribution is -2.26. The molecule has 198 valence electrons. The molecule has 1 atom stereocenters. The van der Waals surface area contributed by atoms with Gasteiger partial charge in [0.25, 0.3) is 5.91 Å². The van der Waals surface area contributed by atoms with Crippen LogP contribution in [0.5, 0.6) is 11.5 Å². The molecule has 3 aliphatic rings. The standard InChI is InChI=1S/C29H29F2N3O3S/c1-16-5-10-21-25(38-4)15-26(37-24-12-11-23(36-3)27(30)28(24)31)33-34(21)22(13-16)18-6-9-20(17(2)14-18)29(35)32-19-7-8-19/h6,9-16,19H,5,7-8H2,1-4H3,(H,32,35). The van der Waals surface area contributed by atoms with Crippen LogP contribution in [0.1, 0.15) is 47.7 Å². The van der Waals surface area contributed by atoms with Gasteiger partial charge < -0.3 is 14.8 Å². The summed E-state index contributed by atoms with van der Waals surface area (Å²) in [4.78, 5) is 13.5. The van der Waals surface area contributed by atoms with Gasteiger partial charge in [-0.15, -0.1) is 16.9 Å². The number of halogens is 2. The van der Waals surface area contributed by atoms with E-state index >= 15 is 0 Å². The molecule has 0 saturated heterocycles. The monoisotopic (exact) mass is 537 g/mol. The molecule has 0 spiro atoms. The minimum Gasteiger partial charge on any atom is -0.494 e. The van der Waals surface area contributed by atoms with Gasteiger partial charge in [-0.1, -0.05) is 25.1 Å². The van der Waals surface area contributed by atoms with E-state index in [1.54, 1.807) is 11.1 Å². The number of carbonyl (C=O) groups excluding carboxylic acids is 1. The van der Waals surface area contributed by atoms with Gasteiger partial charge in [0.2, 0.25) is 17.5 Å². The fraction of sp³-hybridized carbons (Fsp3) is 0.310. The first-order valence-corrected chi connectivity index (χ1v) is 13.7. The summed E-state index contributed by atoms with van der Waals surface area (Å²) >= 11 is 1.51. The van der Waals surface area contributed by atoms with Crippen LogP contribution in [0, 0.1) is 24.5 Å². The maximum Gasteiger partial charge on any atom is 0.251 e. The molecular formula is C29H29F2N3O3S. The minimum atomic E-state index is -1.15. The first-order chi connectivity index (χ1) is 18.3. The van der Waals surface area contributed by atoms with Crippen molar-refractivity contribution < 1.29 is 23.0 Å². The number of thioether (sulfide) groups is 1. The lowest BCUT2D eigenvalue weighted by Gasteiger charge is -2.29. The van der Waals surface area contributed by atoms with Crippen LogP contribution in [0.2, 0.25) is 0 Å². The Morgan fingerprint density at radius 1 is 1.13 bits per heavy atom. The van der Waals surface area contributed by atoms with Gasteiger partial charge in [0.05, 0.1) is 18.5 Å². The summed E-state index contributed by atoms with van der Waals surface area (Å²) in [5.74, 6) is -2.49. The molecule has 38 heavy (non-hydrogen) atoms. The molecule has 2 aromatic carbocycles. The summed E-state index contributed by atoms with van der Waals surface area (Å²) in [6.07, 6.45) is 10.8. The molecule has 1 unspecified atom stereocenters. The normalized spacial score (nSPS) is 18.9. The summed E-state index contributed by atoms with van der Waals surface area (Å²) in [6, 6.07) is 8.64. The van der Waals surface area contributed by atoms with Crippen LogP contribution < -0.4 is 14.8 Å². The van der Waals surface area contributed by atoms with Crippen LogP contribution in [0.3, 0.4) is 0 Å². The lowest BCUT2D eigenvalue weighted by molar-refractivity contribution is 0.0950. The van der Waals surface area contributed by atoms with Crippen LogP contribution in [0.15, 0.2) is 64.3 Å². The number of nitrogens with zero attached hydrogens (tertiary/aromatic N) is 2. The number of carbonyl (C=O) groups is 1. The third-order valence-corrected chi connectivity index (χ3v) is 7.40. The van der Waals surface area contributed by atoms with Crippen LogP contribution in [0.4, 0.5) is 8.78 Å². The van der Waals surface area contributed by atoms with Crippen molar-refractivity contribution in [3.8, 4) is 11.5 Å². The number of aryl methyl sites for hydroxylation is 1. The van der Waals surface area contributed by atoms with Crippen molar-refractivity contribution in [1.29, 1.82) is 0 Å². The van der Waals surface area contributed by atoms with Crippen LogP contribution >= 0.6 is 11.8 Å². The average molecular weight is 538 g/mol. The van der Waals surface area contributed by atoms with E-state index in [0.29, 0.717) is 5.56 Å². The Bertz CT molecular complexity index is 1410. The SMILES string of the molecule is COc1ccc(OC2=NN3C(=CCC(C)C=C3c3ccc(C(=O)NC4CC4)c(C)c3)C(SC)=C2)c(F)c1F. The smallest absolute Gasteiger partial charge is 0.251 e. The summed E-state index contributed by atoms with van der Waals surface area (Å²) in [5, 5.41) is 9.52. The number of nitrogens with one attached hydrogen (secondary N) is 1. The van der Waals surface area contributed by atoms with Crippen molar-refractivity contribution in [2.45, 2.75) is 39.2 Å². The van der Waals surface area contributed by atoms with Gasteiger partial charge in [0.1, 0.15) is 0 Å². The van der Waals surface area contributed by atoms with Crippen molar-refractivity contribution in [2.24, 2.45) is 11.0 Å². The highest BCUT2D eigenvalue weighted by molar-refractivity contribution is 8.02. The van der Waals surface area contributed by atoms with E-state index in [-0.39, 0.29) is 35.3 Å². The van der Waals surface area contributed by atoms with E-state index in [4.69, 9.17) is 14.6 Å². The molecule has 5 rings (SSSR count). The van der Waals surface area contributed by atoms with E-state index in [2.05, 4.69) is 24.4 Å². The Labute approximate surface area is 225 Å². The number of benzene rings is 2. The molecule has 1 N–H and O–H groups in total. The zero-order valence-electron chi connectivity index (χ0n) is 21.7. The topological polar surface area (TPSA) is 63.2 Å². The Morgan fingerprint density at radius 2 is 1.87 bits per heavy atom. The first kappa shape index (κ1) is 26.0. The summed E-state index contributed by atoms with van der Waals surface area (Å²) < 4.78 is 39.6. The number of allylic oxidation sites excluding steroid dienone is 2. The number of hydrogen-bond acceptors (Lipinski definition) is 6. The second kappa shape index (κ2) is 10.6. The van der Waals surface area contributed by atoms with Gasteiger partial charge in [-0.3, -0.25) is 4.79 Å². The summed E-state index contributed by atoms with van der Waals surface area (Å²) in [6.45, 7) is 4.05. The fourth-order valence-corrected chi connectivity index (χ4v) is 5.01. The van der Waals surface area contributed by atoms with Gasteiger partial charge in [-0.25, -0.2) is 5.01 Å². The van der Waals surface area contributed by atoms with Crippen LogP contribution in [-0.4, -0.2) is 36.2 Å². The zero-order chi connectivity index (χ0) is 27.0. The number of hydrazone groups is 1. The number of ether oxygens (including phenoxy) is 2. The lowest BCUT2D eigenvalue weighted by atomic mass is 10.00. The maximum atomic E-state index is 14.7. The Hall–Kier alpha value is -3.59. The van der Waals surface area contributed by atoms with E-state index in [0.717, 1.165) is 46.7 Å². The maximum absolute atomic E-state index is 14.7. The molecule has 0 bridgehead atoms. The van der Waals surface area contributed by atoms with Gasteiger partial charge >= 0.3 is 0 Å². The van der Waals surface area contributed by atoms with Crippen molar-refractivity contribution in [2.75, 3.05) is 13.4 Å². The minimum absolute atomic E-state index is 0.0617. The molecule has 1 fully saturated rings. The van der Waals surface area contributed by atoms with Crippen LogP contribution in [-0.2, 0) is 0 Å². The van der Waals surface area contributed by atoms with Crippen molar-refractivity contribution in [3.05, 3.63) is 87.5 Å². The quantitative estimate of drug-likeness (QED) is 0.463. The highest BCUT2D eigenvalue weighted by Gasteiger charge is 2.29. The molecular weight excluding hydrogens is 508 g/mol. The fourth-order valence-electron chi connectivity index (χ4n) is 4.41. The molecule has 1 saturated carbocycles. The molecule has 9 heteroatoms. The molecule has 1 aliphatic carbocycles. The number of rotatable bonds is 6. The number of fused-ring (bicyclic) bond motifs is 1. The van der Waals surface area contributed by atoms with Crippen molar-refractivity contribution in [3.63, 3.8) is 0 Å². The van der Waals surface area contributed by atoms with Gasteiger partial charge in [0.15, 0.2) is 11.5 Å². The number of amides is 1. The molecule has 2 aliphatic heterocycles. The van der Waals surface area contributed by atoms with Crippen molar-refractivity contribution in [1.82, 2.24) is 10.3 Å². The second-order valence-electron chi connectivity index (χ2n) is 9.59. The van der Waals surface area contributed by atoms with E-state index in [9.17, 15) is 13.6 Å².